The maximum absolute atomic E-state index is 12.9. The predicted octanol–water partition coefficient (Wildman–Crippen LogP) is 3.65. The summed E-state index contributed by atoms with van der Waals surface area (Å²) >= 11 is 3.14. The molecule has 1 amide bonds. The van der Waals surface area contributed by atoms with Gasteiger partial charge in [-0.3, -0.25) is 9.59 Å². The quantitative estimate of drug-likeness (QED) is 0.877. The van der Waals surface area contributed by atoms with Crippen LogP contribution in [0.25, 0.3) is 0 Å². The number of anilines is 1. The summed E-state index contributed by atoms with van der Waals surface area (Å²) in [6.07, 6.45) is 0.724. The molecule has 2 rings (SSSR count). The van der Waals surface area contributed by atoms with Crippen LogP contribution in [0.4, 0.5) is 10.1 Å². The van der Waals surface area contributed by atoms with E-state index < -0.39 is 5.82 Å². The molecule has 0 bridgehead atoms. The average molecular weight is 322 g/mol. The zero-order valence-corrected chi connectivity index (χ0v) is 11.3. The van der Waals surface area contributed by atoms with Crippen molar-refractivity contribution >= 4 is 33.8 Å². The lowest BCUT2D eigenvalue weighted by atomic mass is 10.2. The van der Waals surface area contributed by atoms with Crippen molar-refractivity contribution in [2.24, 2.45) is 0 Å². The van der Waals surface area contributed by atoms with E-state index in [0.29, 0.717) is 21.3 Å². The fourth-order valence-corrected chi connectivity index (χ4v) is 2.05. The molecular weight excluding hydrogens is 313 g/mol. The topological polar surface area (TPSA) is 46.2 Å². The molecule has 2 aromatic carbocycles. The van der Waals surface area contributed by atoms with E-state index in [9.17, 15) is 14.0 Å². The molecule has 0 aromatic heterocycles. The third-order valence-corrected chi connectivity index (χ3v) is 3.14. The van der Waals surface area contributed by atoms with Gasteiger partial charge in [-0.15, -0.1) is 0 Å². The van der Waals surface area contributed by atoms with Gasteiger partial charge in [-0.05, 0) is 58.4 Å². The Balaban J connectivity index is 2.18. The second-order valence-corrected chi connectivity index (χ2v) is 4.67. The van der Waals surface area contributed by atoms with Crippen LogP contribution < -0.4 is 5.32 Å². The third-order valence-electron chi connectivity index (χ3n) is 2.48. The van der Waals surface area contributed by atoms with E-state index in [1.165, 1.54) is 18.2 Å². The molecule has 3 nitrogen and oxygen atoms in total. The lowest BCUT2D eigenvalue weighted by Gasteiger charge is -2.07. The van der Waals surface area contributed by atoms with E-state index in [4.69, 9.17) is 0 Å². The fourth-order valence-electron chi connectivity index (χ4n) is 1.52. The number of hydrogen-bond donors (Lipinski definition) is 1. The van der Waals surface area contributed by atoms with Gasteiger partial charge in [0.15, 0.2) is 0 Å². The van der Waals surface area contributed by atoms with Crippen LogP contribution in [0.15, 0.2) is 46.9 Å². The Hall–Kier alpha value is -2.01. The third kappa shape index (κ3) is 3.26. The summed E-state index contributed by atoms with van der Waals surface area (Å²) in [7, 11) is 0. The molecular formula is C14H9BrFNO2. The molecule has 0 saturated carbocycles. The smallest absolute Gasteiger partial charge is 0.256 e. The molecule has 5 heteroatoms. The van der Waals surface area contributed by atoms with Crippen LogP contribution in [0.3, 0.4) is 0 Å². The SMILES string of the molecule is O=Cc1ccc(NC(=O)c2ccc(F)cc2Br)cc1. The monoisotopic (exact) mass is 321 g/mol. The van der Waals surface area contributed by atoms with Gasteiger partial charge in [0.2, 0.25) is 0 Å². The van der Waals surface area contributed by atoms with Gasteiger partial charge in [0.1, 0.15) is 12.1 Å². The van der Waals surface area contributed by atoms with Crippen LogP contribution in [-0.4, -0.2) is 12.2 Å². The first-order valence-corrected chi connectivity index (χ1v) is 6.21. The van der Waals surface area contributed by atoms with Crippen molar-refractivity contribution in [2.45, 2.75) is 0 Å². The summed E-state index contributed by atoms with van der Waals surface area (Å²) in [5, 5.41) is 2.66. The molecule has 0 unspecified atom stereocenters. The highest BCUT2D eigenvalue weighted by atomic mass is 79.9. The highest BCUT2D eigenvalue weighted by Gasteiger charge is 2.10. The molecule has 0 aliphatic heterocycles. The number of nitrogens with one attached hydrogen (secondary N) is 1. The number of benzene rings is 2. The summed E-state index contributed by atoms with van der Waals surface area (Å²) in [6, 6.07) is 10.3. The second-order valence-electron chi connectivity index (χ2n) is 3.82. The molecule has 0 radical (unpaired) electrons. The lowest BCUT2D eigenvalue weighted by Crippen LogP contribution is -2.12. The molecule has 1 N–H and O–H groups in total. The molecule has 96 valence electrons. The van der Waals surface area contributed by atoms with E-state index >= 15 is 0 Å². The summed E-state index contributed by atoms with van der Waals surface area (Å²) in [4.78, 5) is 22.5. The normalized spacial score (nSPS) is 10.0. The Morgan fingerprint density at radius 2 is 1.84 bits per heavy atom. The van der Waals surface area contributed by atoms with E-state index in [1.807, 2.05) is 0 Å². The van der Waals surface area contributed by atoms with Gasteiger partial charge in [-0.25, -0.2) is 4.39 Å². The molecule has 0 aliphatic rings. The fraction of sp³-hybridized carbons (Fsp3) is 0. The van der Waals surface area contributed by atoms with Gasteiger partial charge in [0.05, 0.1) is 5.56 Å². The van der Waals surface area contributed by atoms with Gasteiger partial charge >= 0.3 is 0 Å². The maximum atomic E-state index is 12.9. The number of carbonyl (C=O) groups is 2. The summed E-state index contributed by atoms with van der Waals surface area (Å²) in [5.41, 5.74) is 1.42. The molecule has 19 heavy (non-hydrogen) atoms. The predicted molar refractivity (Wildman–Crippen MR) is 73.9 cm³/mol. The Morgan fingerprint density at radius 1 is 1.16 bits per heavy atom. The van der Waals surface area contributed by atoms with E-state index in [0.717, 1.165) is 6.29 Å². The van der Waals surface area contributed by atoms with Gasteiger partial charge in [-0.1, -0.05) is 0 Å². The van der Waals surface area contributed by atoms with E-state index in [1.54, 1.807) is 24.3 Å². The van der Waals surface area contributed by atoms with Gasteiger partial charge in [0.25, 0.3) is 5.91 Å². The Kier molecular flexibility index (Phi) is 4.06. The van der Waals surface area contributed by atoms with Crippen molar-refractivity contribution < 1.29 is 14.0 Å². The minimum absolute atomic E-state index is 0.334. The second kappa shape index (κ2) is 5.75. The minimum Gasteiger partial charge on any atom is -0.322 e. The number of hydrogen-bond acceptors (Lipinski definition) is 2. The largest absolute Gasteiger partial charge is 0.322 e. The zero-order valence-electron chi connectivity index (χ0n) is 9.69. The number of halogens is 2. The van der Waals surface area contributed by atoms with E-state index in [-0.39, 0.29) is 5.91 Å². The maximum Gasteiger partial charge on any atom is 0.256 e. The van der Waals surface area contributed by atoms with Crippen LogP contribution in [0.5, 0.6) is 0 Å². The Bertz CT molecular complexity index is 626. The molecule has 2 aromatic rings. The Morgan fingerprint density at radius 3 is 2.42 bits per heavy atom. The van der Waals surface area contributed by atoms with Crippen molar-refractivity contribution in [1.82, 2.24) is 0 Å². The van der Waals surface area contributed by atoms with Crippen molar-refractivity contribution in [3.8, 4) is 0 Å². The number of aldehydes is 1. The molecule has 0 saturated heterocycles. The first kappa shape index (κ1) is 13.4. The average Bonchev–Trinajstić information content (AvgIpc) is 2.39. The van der Waals surface area contributed by atoms with Crippen LogP contribution in [0, 0.1) is 5.82 Å². The highest BCUT2D eigenvalue weighted by Crippen LogP contribution is 2.19. The summed E-state index contributed by atoms with van der Waals surface area (Å²) in [5.74, 6) is -0.774. The molecule has 0 heterocycles. The number of carbonyl (C=O) groups excluding carboxylic acids is 2. The van der Waals surface area contributed by atoms with Crippen LogP contribution in [0.1, 0.15) is 20.7 Å². The van der Waals surface area contributed by atoms with Crippen molar-refractivity contribution in [1.29, 1.82) is 0 Å². The summed E-state index contributed by atoms with van der Waals surface area (Å²) in [6.45, 7) is 0. The standard InChI is InChI=1S/C14H9BrFNO2/c15-13-7-10(16)3-6-12(13)14(19)17-11-4-1-9(8-18)2-5-11/h1-8H,(H,17,19). The first-order valence-electron chi connectivity index (χ1n) is 5.42. The van der Waals surface area contributed by atoms with Crippen molar-refractivity contribution in [2.75, 3.05) is 5.32 Å². The zero-order chi connectivity index (χ0) is 13.8. The number of amides is 1. The van der Waals surface area contributed by atoms with Crippen molar-refractivity contribution in [3.63, 3.8) is 0 Å². The highest BCUT2D eigenvalue weighted by molar-refractivity contribution is 9.10. The molecule has 0 aliphatic carbocycles. The van der Waals surface area contributed by atoms with Crippen LogP contribution in [-0.2, 0) is 0 Å². The van der Waals surface area contributed by atoms with E-state index in [2.05, 4.69) is 21.2 Å². The summed E-state index contributed by atoms with van der Waals surface area (Å²) < 4.78 is 13.3. The number of rotatable bonds is 3. The molecule has 0 fully saturated rings. The van der Waals surface area contributed by atoms with Crippen LogP contribution in [0.2, 0.25) is 0 Å². The van der Waals surface area contributed by atoms with Gasteiger partial charge in [0, 0.05) is 15.7 Å². The Labute approximate surface area is 117 Å². The van der Waals surface area contributed by atoms with Crippen molar-refractivity contribution in [3.05, 3.63) is 63.9 Å². The molecule has 0 spiro atoms. The van der Waals surface area contributed by atoms with Crippen LogP contribution >= 0.6 is 15.9 Å². The first-order chi connectivity index (χ1) is 9.10. The minimum atomic E-state index is -0.418. The van der Waals surface area contributed by atoms with Gasteiger partial charge in [-0.2, -0.15) is 0 Å². The van der Waals surface area contributed by atoms with Gasteiger partial charge < -0.3 is 5.32 Å². The lowest BCUT2D eigenvalue weighted by molar-refractivity contribution is 0.102. The molecule has 0 atom stereocenters.